The molecule has 0 unspecified atom stereocenters. The van der Waals surface area contributed by atoms with Crippen molar-refractivity contribution in [1.29, 1.82) is 0 Å². The Morgan fingerprint density at radius 2 is 2.09 bits per heavy atom. The number of nitrogens with zero attached hydrogens (tertiary/aromatic N) is 4. The first-order valence-corrected chi connectivity index (χ1v) is 7.89. The zero-order chi connectivity index (χ0) is 15.1. The van der Waals surface area contributed by atoms with Gasteiger partial charge in [0.05, 0.1) is 28.3 Å². The summed E-state index contributed by atoms with van der Waals surface area (Å²) in [5.74, 6) is 0.431. The maximum Gasteiger partial charge on any atom is 0.347 e. The third-order valence-corrected chi connectivity index (χ3v) is 5.71. The van der Waals surface area contributed by atoms with E-state index in [1.807, 2.05) is 0 Å². The van der Waals surface area contributed by atoms with E-state index in [9.17, 15) is 9.18 Å². The number of hydrogen-bond acceptors (Lipinski definition) is 3. The van der Waals surface area contributed by atoms with Gasteiger partial charge >= 0.3 is 5.69 Å². The maximum atomic E-state index is 13.0. The lowest BCUT2D eigenvalue weighted by molar-refractivity contribution is -0.0769. The van der Waals surface area contributed by atoms with Gasteiger partial charge in [-0.3, -0.25) is 9.55 Å². The zero-order valence-electron chi connectivity index (χ0n) is 11.8. The largest absolute Gasteiger partial charge is 0.347 e. The minimum Gasteiger partial charge on any atom is -0.270 e. The van der Waals surface area contributed by atoms with Crippen LogP contribution < -0.4 is 5.69 Å². The summed E-state index contributed by atoms with van der Waals surface area (Å²) in [6.45, 7) is 0. The zero-order valence-corrected chi connectivity index (χ0v) is 12.6. The molecule has 2 bridgehead atoms. The molecule has 2 aromatic rings. The van der Waals surface area contributed by atoms with Gasteiger partial charge in [0.15, 0.2) is 0 Å². The molecule has 4 aliphatic rings. The highest BCUT2D eigenvalue weighted by Gasteiger charge is 2.70. The Morgan fingerprint density at radius 1 is 1.32 bits per heavy atom. The van der Waals surface area contributed by atoms with Crippen molar-refractivity contribution in [3.05, 3.63) is 46.1 Å². The Kier molecular flexibility index (Phi) is 2.21. The lowest BCUT2D eigenvalue weighted by atomic mass is 9.49. The minimum absolute atomic E-state index is 0.0814. The van der Waals surface area contributed by atoms with Crippen molar-refractivity contribution in [1.82, 2.24) is 19.3 Å². The van der Waals surface area contributed by atoms with Gasteiger partial charge in [-0.1, -0.05) is 0 Å². The molecular weight excluding hydrogens is 307 g/mol. The van der Waals surface area contributed by atoms with Crippen molar-refractivity contribution in [2.75, 3.05) is 0 Å². The van der Waals surface area contributed by atoms with E-state index >= 15 is 0 Å². The smallest absolute Gasteiger partial charge is 0.270 e. The highest BCUT2D eigenvalue weighted by atomic mass is 35.5. The summed E-state index contributed by atoms with van der Waals surface area (Å²) in [5.41, 5.74) is 0.479. The van der Waals surface area contributed by atoms with Gasteiger partial charge < -0.3 is 0 Å². The van der Waals surface area contributed by atoms with Crippen molar-refractivity contribution < 1.29 is 4.39 Å². The van der Waals surface area contributed by atoms with E-state index in [1.54, 1.807) is 15.3 Å². The van der Waals surface area contributed by atoms with Crippen molar-refractivity contribution in [2.24, 2.45) is 0 Å². The second-order valence-corrected chi connectivity index (χ2v) is 7.64. The van der Waals surface area contributed by atoms with Crippen LogP contribution in [0.1, 0.15) is 43.2 Å². The van der Waals surface area contributed by atoms with E-state index in [4.69, 9.17) is 11.6 Å². The van der Waals surface area contributed by atoms with Gasteiger partial charge in [-0.05, 0) is 37.8 Å². The van der Waals surface area contributed by atoms with E-state index in [0.717, 1.165) is 37.9 Å². The fourth-order valence-corrected chi connectivity index (χ4v) is 5.06. The Balaban J connectivity index is 1.56. The molecule has 0 N–H and O–H groups in total. The molecule has 0 saturated heterocycles. The van der Waals surface area contributed by atoms with E-state index in [2.05, 4.69) is 10.1 Å². The fourth-order valence-electron chi connectivity index (χ4n) is 4.31. The SMILES string of the molecule is O=c1n(C23CC(Cl)(C2)C3)nc2n1[C@H](c1ccc(F)cn1)CC2. The van der Waals surface area contributed by atoms with Crippen molar-refractivity contribution in [3.8, 4) is 0 Å². The second-order valence-electron chi connectivity index (χ2n) is 6.84. The molecule has 0 spiro atoms. The lowest BCUT2D eigenvalue weighted by Gasteiger charge is -2.66. The van der Waals surface area contributed by atoms with Crippen molar-refractivity contribution in [2.45, 2.75) is 48.6 Å². The Hall–Kier alpha value is -1.69. The summed E-state index contributed by atoms with van der Waals surface area (Å²) in [5, 5.41) is 4.55. The Morgan fingerprint density at radius 3 is 2.73 bits per heavy atom. The summed E-state index contributed by atoms with van der Waals surface area (Å²) >= 11 is 6.30. The third kappa shape index (κ3) is 1.46. The van der Waals surface area contributed by atoms with Crippen molar-refractivity contribution in [3.63, 3.8) is 0 Å². The van der Waals surface area contributed by atoms with Crippen LogP contribution in [0.5, 0.6) is 0 Å². The summed E-state index contributed by atoms with van der Waals surface area (Å²) in [4.78, 5) is 16.8. The molecule has 3 heterocycles. The average Bonchev–Trinajstić information content (AvgIpc) is 2.97. The first kappa shape index (κ1) is 12.8. The third-order valence-electron chi connectivity index (χ3n) is 5.31. The van der Waals surface area contributed by atoms with Crippen LogP contribution in [0.15, 0.2) is 23.1 Å². The molecule has 2 aromatic heterocycles. The van der Waals surface area contributed by atoms with Crippen molar-refractivity contribution >= 4 is 11.6 Å². The molecule has 6 rings (SSSR count). The highest BCUT2D eigenvalue weighted by Crippen LogP contribution is 2.68. The fraction of sp³-hybridized carbons (Fsp3) is 0.533. The van der Waals surface area contributed by atoms with Gasteiger partial charge in [-0.25, -0.2) is 13.9 Å². The molecule has 22 heavy (non-hydrogen) atoms. The van der Waals surface area contributed by atoms with Crippen LogP contribution in [0, 0.1) is 5.82 Å². The summed E-state index contributed by atoms with van der Waals surface area (Å²) in [6, 6.07) is 2.89. The predicted octanol–water partition coefficient (Wildman–Crippen LogP) is 1.98. The normalized spacial score (nSPS) is 34.9. The van der Waals surface area contributed by atoms with Crippen LogP contribution in [0.3, 0.4) is 0 Å². The van der Waals surface area contributed by atoms with E-state index < -0.39 is 0 Å². The summed E-state index contributed by atoms with van der Waals surface area (Å²) in [6.07, 6.45) is 5.21. The van der Waals surface area contributed by atoms with Gasteiger partial charge in [0, 0.05) is 6.42 Å². The number of alkyl halides is 1. The summed E-state index contributed by atoms with van der Waals surface area (Å²) in [7, 11) is 0. The van der Waals surface area contributed by atoms with Crippen LogP contribution in [-0.2, 0) is 12.0 Å². The quantitative estimate of drug-likeness (QED) is 0.795. The molecule has 0 aromatic carbocycles. The Labute approximate surface area is 130 Å². The number of halogens is 2. The van der Waals surface area contributed by atoms with E-state index in [-0.39, 0.29) is 28.0 Å². The number of hydrogen-bond donors (Lipinski definition) is 0. The standard InChI is InChI=1S/C15H14ClFN4O/c16-14-6-15(7-14,8-14)21-13(22)20-11(3-4-12(20)19-21)10-2-1-9(17)5-18-10/h1-2,5,11H,3-4,6-8H2/t11-,14?,15?/m0/s1. The van der Waals surface area contributed by atoms with Crippen LogP contribution in [-0.4, -0.2) is 24.2 Å². The first-order chi connectivity index (χ1) is 10.5. The lowest BCUT2D eigenvalue weighted by Crippen LogP contribution is -2.71. The van der Waals surface area contributed by atoms with Crippen LogP contribution in [0.4, 0.5) is 4.39 Å². The number of rotatable bonds is 2. The van der Waals surface area contributed by atoms with E-state index in [1.165, 1.54) is 12.3 Å². The maximum absolute atomic E-state index is 13.0. The molecule has 114 valence electrons. The minimum atomic E-state index is -0.369. The molecule has 5 nitrogen and oxygen atoms in total. The monoisotopic (exact) mass is 320 g/mol. The predicted molar refractivity (Wildman–Crippen MR) is 77.6 cm³/mol. The molecule has 3 aliphatic carbocycles. The van der Waals surface area contributed by atoms with Crippen LogP contribution in [0.25, 0.3) is 0 Å². The first-order valence-electron chi connectivity index (χ1n) is 7.51. The summed E-state index contributed by atoms with van der Waals surface area (Å²) < 4.78 is 16.4. The number of aromatic nitrogens is 4. The highest BCUT2D eigenvalue weighted by molar-refractivity contribution is 6.26. The van der Waals surface area contributed by atoms with Gasteiger partial charge in [0.25, 0.3) is 0 Å². The van der Waals surface area contributed by atoms with Crippen LogP contribution >= 0.6 is 11.6 Å². The average molecular weight is 321 g/mol. The topological polar surface area (TPSA) is 52.7 Å². The number of aryl methyl sites for hydroxylation is 1. The molecule has 1 atom stereocenters. The van der Waals surface area contributed by atoms with Crippen LogP contribution in [0.2, 0.25) is 0 Å². The number of fused-ring (bicyclic) bond motifs is 1. The number of pyridine rings is 1. The molecule has 3 saturated carbocycles. The molecule has 7 heteroatoms. The molecular formula is C15H14ClFN4O. The molecule has 3 fully saturated rings. The molecule has 0 radical (unpaired) electrons. The van der Waals surface area contributed by atoms with Gasteiger partial charge in [-0.15, -0.1) is 11.6 Å². The van der Waals surface area contributed by atoms with Gasteiger partial charge in [0.1, 0.15) is 11.6 Å². The molecule has 0 amide bonds. The van der Waals surface area contributed by atoms with Gasteiger partial charge in [-0.2, -0.15) is 5.10 Å². The van der Waals surface area contributed by atoms with E-state index in [0.29, 0.717) is 5.69 Å². The van der Waals surface area contributed by atoms with Gasteiger partial charge in [0.2, 0.25) is 0 Å². The Bertz CT molecular complexity index is 820. The molecule has 1 aliphatic heterocycles. The second kappa shape index (κ2) is 3.79.